The molecule has 0 N–H and O–H groups in total. The number of benzene rings is 1. The quantitative estimate of drug-likeness (QED) is 0.824. The van der Waals surface area contributed by atoms with Crippen molar-refractivity contribution in [1.29, 1.82) is 5.26 Å². The molecular formula is C20H24N6O. The predicted molar refractivity (Wildman–Crippen MR) is 106 cm³/mol. The summed E-state index contributed by atoms with van der Waals surface area (Å²) >= 11 is 0. The second kappa shape index (κ2) is 7.70. The van der Waals surface area contributed by atoms with Gasteiger partial charge in [0, 0.05) is 45.0 Å². The molecule has 0 saturated carbocycles. The summed E-state index contributed by atoms with van der Waals surface area (Å²) in [4.78, 5) is 15.6. The van der Waals surface area contributed by atoms with Crippen molar-refractivity contribution in [3.05, 3.63) is 36.2 Å². The number of hydrogen-bond donors (Lipinski definition) is 0. The summed E-state index contributed by atoms with van der Waals surface area (Å²) in [6.07, 6.45) is 3.91. The van der Waals surface area contributed by atoms with Crippen LogP contribution in [0.1, 0.15) is 18.4 Å². The molecule has 0 amide bonds. The van der Waals surface area contributed by atoms with Gasteiger partial charge in [0.25, 0.3) is 0 Å². The van der Waals surface area contributed by atoms with Crippen LogP contribution in [0, 0.1) is 11.3 Å². The van der Waals surface area contributed by atoms with E-state index in [1.54, 1.807) is 13.4 Å². The normalized spacial score (nSPS) is 17.1. The summed E-state index contributed by atoms with van der Waals surface area (Å²) in [5.41, 5.74) is 1.80. The average molecular weight is 364 g/mol. The Balaban J connectivity index is 1.49. The summed E-state index contributed by atoms with van der Waals surface area (Å²) in [7, 11) is 1.68. The third kappa shape index (κ3) is 3.47. The molecule has 3 heterocycles. The third-order valence-electron chi connectivity index (χ3n) is 5.34. The summed E-state index contributed by atoms with van der Waals surface area (Å²) in [5, 5.41) is 9.76. The Kier molecular flexibility index (Phi) is 4.97. The molecule has 0 atom stereocenters. The number of nitriles is 1. The van der Waals surface area contributed by atoms with Gasteiger partial charge in [-0.3, -0.25) is 0 Å². The first-order valence-electron chi connectivity index (χ1n) is 9.44. The van der Waals surface area contributed by atoms with Gasteiger partial charge in [-0.1, -0.05) is 0 Å². The van der Waals surface area contributed by atoms with Crippen LogP contribution in [-0.4, -0.2) is 56.3 Å². The van der Waals surface area contributed by atoms with Gasteiger partial charge in [0.05, 0.1) is 7.11 Å². The molecule has 1 aromatic carbocycles. The van der Waals surface area contributed by atoms with Crippen molar-refractivity contribution in [2.45, 2.75) is 12.8 Å². The molecule has 7 heteroatoms. The van der Waals surface area contributed by atoms with E-state index < -0.39 is 0 Å². The van der Waals surface area contributed by atoms with Crippen LogP contribution in [0.5, 0.6) is 5.75 Å². The van der Waals surface area contributed by atoms with E-state index in [9.17, 15) is 5.26 Å². The Labute approximate surface area is 159 Å². The summed E-state index contributed by atoms with van der Waals surface area (Å²) in [5.74, 6) is 2.42. The molecule has 7 nitrogen and oxygen atoms in total. The molecular weight excluding hydrogens is 340 g/mol. The van der Waals surface area contributed by atoms with E-state index in [0.29, 0.717) is 5.56 Å². The molecule has 2 saturated heterocycles. The Morgan fingerprint density at radius 1 is 0.852 bits per heavy atom. The van der Waals surface area contributed by atoms with Gasteiger partial charge in [0.2, 0.25) is 0 Å². The number of piperazine rings is 1. The fourth-order valence-electron chi connectivity index (χ4n) is 3.85. The van der Waals surface area contributed by atoms with Crippen LogP contribution in [-0.2, 0) is 0 Å². The van der Waals surface area contributed by atoms with Crippen molar-refractivity contribution in [2.24, 2.45) is 0 Å². The van der Waals surface area contributed by atoms with Crippen molar-refractivity contribution >= 4 is 17.3 Å². The third-order valence-corrected chi connectivity index (χ3v) is 5.34. The van der Waals surface area contributed by atoms with Crippen molar-refractivity contribution in [3.8, 4) is 11.8 Å². The number of hydrogen-bond acceptors (Lipinski definition) is 7. The molecule has 2 aliphatic heterocycles. The number of rotatable bonds is 4. The highest BCUT2D eigenvalue weighted by atomic mass is 16.5. The Morgan fingerprint density at radius 3 is 1.96 bits per heavy atom. The maximum atomic E-state index is 9.76. The lowest BCUT2D eigenvalue weighted by Crippen LogP contribution is -2.47. The summed E-state index contributed by atoms with van der Waals surface area (Å²) in [6.45, 7) is 5.38. The molecule has 0 spiro atoms. The van der Waals surface area contributed by atoms with Crippen LogP contribution >= 0.6 is 0 Å². The fraction of sp³-hybridized carbons (Fsp3) is 0.450. The van der Waals surface area contributed by atoms with Crippen molar-refractivity contribution in [1.82, 2.24) is 9.97 Å². The average Bonchev–Trinajstić information content (AvgIpc) is 3.28. The standard InChI is InChI=1S/C20H24N6O/c1-27-17-6-4-16(5-7-17)24-10-12-26(13-11-24)20-18(14-21)19(22-15-23-20)25-8-2-3-9-25/h4-7,15H,2-3,8-13H2,1H3. The SMILES string of the molecule is COc1ccc(N2CCN(c3ncnc(N4CCCC4)c3C#N)CC2)cc1. The van der Waals surface area contributed by atoms with Gasteiger partial charge in [-0.25, -0.2) is 9.97 Å². The van der Waals surface area contributed by atoms with Crippen LogP contribution in [0.15, 0.2) is 30.6 Å². The second-order valence-electron chi connectivity index (χ2n) is 6.87. The molecule has 2 aliphatic rings. The van der Waals surface area contributed by atoms with Crippen LogP contribution in [0.4, 0.5) is 17.3 Å². The van der Waals surface area contributed by atoms with E-state index in [0.717, 1.165) is 69.5 Å². The number of aromatic nitrogens is 2. The second-order valence-corrected chi connectivity index (χ2v) is 6.87. The van der Waals surface area contributed by atoms with Crippen LogP contribution in [0.2, 0.25) is 0 Å². The number of methoxy groups -OCH3 is 1. The van der Waals surface area contributed by atoms with Crippen LogP contribution in [0.25, 0.3) is 0 Å². The topological polar surface area (TPSA) is 68.5 Å². The molecule has 2 aromatic rings. The molecule has 27 heavy (non-hydrogen) atoms. The van der Waals surface area contributed by atoms with E-state index in [-0.39, 0.29) is 0 Å². The number of anilines is 3. The van der Waals surface area contributed by atoms with Gasteiger partial charge in [-0.05, 0) is 37.1 Å². The van der Waals surface area contributed by atoms with E-state index in [1.807, 2.05) is 12.1 Å². The summed E-state index contributed by atoms with van der Waals surface area (Å²) < 4.78 is 5.23. The lowest BCUT2D eigenvalue weighted by molar-refractivity contribution is 0.415. The number of ether oxygens (including phenoxy) is 1. The van der Waals surface area contributed by atoms with Crippen LogP contribution in [0.3, 0.4) is 0 Å². The first kappa shape index (κ1) is 17.4. The van der Waals surface area contributed by atoms with Crippen molar-refractivity contribution < 1.29 is 4.74 Å². The van der Waals surface area contributed by atoms with Crippen LogP contribution < -0.4 is 19.4 Å². The highest BCUT2D eigenvalue weighted by molar-refractivity contribution is 5.67. The van der Waals surface area contributed by atoms with E-state index in [1.165, 1.54) is 5.69 Å². The Hall–Kier alpha value is -3.01. The predicted octanol–water partition coefficient (Wildman–Crippen LogP) is 2.28. The van der Waals surface area contributed by atoms with Crippen molar-refractivity contribution in [2.75, 3.05) is 61.1 Å². The molecule has 0 unspecified atom stereocenters. The maximum absolute atomic E-state index is 9.76. The highest BCUT2D eigenvalue weighted by Gasteiger charge is 2.25. The molecule has 4 rings (SSSR count). The minimum absolute atomic E-state index is 0.609. The van der Waals surface area contributed by atoms with Gasteiger partial charge < -0.3 is 19.4 Å². The monoisotopic (exact) mass is 364 g/mol. The Bertz CT molecular complexity index is 817. The van der Waals surface area contributed by atoms with Gasteiger partial charge in [0.1, 0.15) is 23.7 Å². The van der Waals surface area contributed by atoms with Gasteiger partial charge >= 0.3 is 0 Å². The smallest absolute Gasteiger partial charge is 0.152 e. The molecule has 1 aromatic heterocycles. The zero-order chi connectivity index (χ0) is 18.6. The molecule has 0 aliphatic carbocycles. The van der Waals surface area contributed by atoms with E-state index >= 15 is 0 Å². The first-order chi connectivity index (χ1) is 13.3. The largest absolute Gasteiger partial charge is 0.497 e. The summed E-state index contributed by atoms with van der Waals surface area (Å²) in [6, 6.07) is 10.5. The fourth-order valence-corrected chi connectivity index (χ4v) is 3.85. The zero-order valence-corrected chi connectivity index (χ0v) is 15.6. The molecule has 0 bridgehead atoms. The first-order valence-corrected chi connectivity index (χ1v) is 9.44. The van der Waals surface area contributed by atoms with Crippen molar-refractivity contribution in [3.63, 3.8) is 0 Å². The highest BCUT2D eigenvalue weighted by Crippen LogP contribution is 2.29. The minimum atomic E-state index is 0.609. The molecule has 2 fully saturated rings. The van der Waals surface area contributed by atoms with Gasteiger partial charge in [-0.15, -0.1) is 0 Å². The van der Waals surface area contributed by atoms with E-state index in [4.69, 9.17) is 4.74 Å². The number of nitrogens with zero attached hydrogens (tertiary/aromatic N) is 6. The molecule has 0 radical (unpaired) electrons. The zero-order valence-electron chi connectivity index (χ0n) is 15.6. The maximum Gasteiger partial charge on any atom is 0.152 e. The Morgan fingerprint density at radius 2 is 1.41 bits per heavy atom. The lowest BCUT2D eigenvalue weighted by atomic mass is 10.2. The lowest BCUT2D eigenvalue weighted by Gasteiger charge is -2.37. The minimum Gasteiger partial charge on any atom is -0.497 e. The van der Waals surface area contributed by atoms with E-state index in [2.05, 4.69) is 42.9 Å². The van der Waals surface area contributed by atoms with Gasteiger partial charge in [-0.2, -0.15) is 5.26 Å². The molecule has 140 valence electrons. The van der Waals surface area contributed by atoms with Gasteiger partial charge in [0.15, 0.2) is 11.6 Å².